The fourth-order valence-corrected chi connectivity index (χ4v) is 4.24. The number of benzene rings is 2. The van der Waals surface area contributed by atoms with Crippen LogP contribution in [-0.2, 0) is 17.9 Å². The van der Waals surface area contributed by atoms with E-state index in [1.807, 2.05) is 30.3 Å². The summed E-state index contributed by atoms with van der Waals surface area (Å²) >= 11 is 1.36. The third kappa shape index (κ3) is 4.82. The molecule has 0 saturated carbocycles. The van der Waals surface area contributed by atoms with Gasteiger partial charge in [-0.05, 0) is 42.0 Å². The lowest BCUT2D eigenvalue weighted by molar-refractivity contribution is 0.0189. The Bertz CT molecular complexity index is 1240. The molecule has 160 valence electrons. The second kappa shape index (κ2) is 9.38. The van der Waals surface area contributed by atoms with Gasteiger partial charge in [-0.25, -0.2) is 9.37 Å². The largest absolute Gasteiger partial charge is 0.497 e. The van der Waals surface area contributed by atoms with Crippen LogP contribution in [0, 0.1) is 5.82 Å². The van der Waals surface area contributed by atoms with E-state index in [0.717, 1.165) is 16.2 Å². The summed E-state index contributed by atoms with van der Waals surface area (Å²) in [5.74, 6) is 0.407. The Morgan fingerprint density at radius 1 is 1.19 bits per heavy atom. The number of thiophene rings is 1. The van der Waals surface area contributed by atoms with Gasteiger partial charge in [-0.3, -0.25) is 9.36 Å². The highest BCUT2D eigenvalue weighted by Crippen LogP contribution is 2.31. The summed E-state index contributed by atoms with van der Waals surface area (Å²) in [6.07, 6.45) is 0.500. The summed E-state index contributed by atoms with van der Waals surface area (Å²) in [4.78, 5) is 18.1. The van der Waals surface area contributed by atoms with Crippen LogP contribution < -0.4 is 10.3 Å². The normalized spacial score (nSPS) is 12.2. The quantitative estimate of drug-likeness (QED) is 0.451. The fraction of sp³-hybridized carbons (Fsp3) is 0.217. The Kier molecular flexibility index (Phi) is 6.41. The lowest BCUT2D eigenvalue weighted by Gasteiger charge is -2.13. The summed E-state index contributed by atoms with van der Waals surface area (Å²) in [5.41, 5.74) is 1.78. The Balaban J connectivity index is 1.44. The van der Waals surface area contributed by atoms with Crippen LogP contribution in [-0.4, -0.2) is 34.5 Å². The number of halogens is 1. The van der Waals surface area contributed by atoms with Crippen molar-refractivity contribution in [3.63, 3.8) is 0 Å². The van der Waals surface area contributed by atoms with Crippen molar-refractivity contribution in [2.45, 2.75) is 19.3 Å². The predicted octanol–water partition coefficient (Wildman–Crippen LogP) is 3.85. The first kappa shape index (κ1) is 21.2. The van der Waals surface area contributed by atoms with Gasteiger partial charge in [0.05, 0.1) is 44.8 Å². The molecule has 0 amide bonds. The molecule has 0 aliphatic heterocycles. The van der Waals surface area contributed by atoms with Crippen molar-refractivity contribution in [3.8, 4) is 16.2 Å². The molecule has 6 nitrogen and oxygen atoms in total. The second-order valence-corrected chi connectivity index (χ2v) is 8.07. The van der Waals surface area contributed by atoms with Gasteiger partial charge in [-0.2, -0.15) is 0 Å². The predicted molar refractivity (Wildman–Crippen MR) is 118 cm³/mol. The highest BCUT2D eigenvalue weighted by Gasteiger charge is 2.13. The van der Waals surface area contributed by atoms with Crippen LogP contribution in [0.25, 0.3) is 20.7 Å². The Morgan fingerprint density at radius 3 is 2.71 bits per heavy atom. The van der Waals surface area contributed by atoms with Gasteiger partial charge in [0.2, 0.25) is 0 Å². The topological polar surface area (TPSA) is 73.6 Å². The van der Waals surface area contributed by atoms with Crippen LogP contribution in [0.1, 0.15) is 5.56 Å². The van der Waals surface area contributed by atoms with E-state index >= 15 is 0 Å². The van der Waals surface area contributed by atoms with Gasteiger partial charge < -0.3 is 14.6 Å². The van der Waals surface area contributed by atoms with Crippen molar-refractivity contribution in [1.82, 2.24) is 9.55 Å². The summed E-state index contributed by atoms with van der Waals surface area (Å²) in [5, 5.41) is 10.3. The summed E-state index contributed by atoms with van der Waals surface area (Å²) in [6.45, 7) is 0.0568. The van der Waals surface area contributed by atoms with Gasteiger partial charge in [0.1, 0.15) is 16.3 Å². The van der Waals surface area contributed by atoms with Gasteiger partial charge in [-0.1, -0.05) is 18.2 Å². The van der Waals surface area contributed by atoms with Gasteiger partial charge in [0, 0.05) is 10.4 Å². The zero-order valence-electron chi connectivity index (χ0n) is 16.8. The summed E-state index contributed by atoms with van der Waals surface area (Å²) in [6, 6.07) is 15.8. The van der Waals surface area contributed by atoms with Gasteiger partial charge >= 0.3 is 0 Å². The van der Waals surface area contributed by atoms with Crippen LogP contribution in [0.3, 0.4) is 0 Å². The van der Waals surface area contributed by atoms with Crippen molar-refractivity contribution in [2.24, 2.45) is 0 Å². The molecule has 0 fully saturated rings. The fourth-order valence-electron chi connectivity index (χ4n) is 3.17. The Morgan fingerprint density at radius 2 is 1.97 bits per heavy atom. The minimum atomic E-state index is -0.926. The first-order valence-electron chi connectivity index (χ1n) is 9.68. The van der Waals surface area contributed by atoms with Crippen LogP contribution in [0.15, 0.2) is 65.7 Å². The molecule has 31 heavy (non-hydrogen) atoms. The molecule has 2 heterocycles. The van der Waals surface area contributed by atoms with Crippen molar-refractivity contribution < 1.29 is 19.0 Å². The van der Waals surface area contributed by atoms with E-state index in [1.54, 1.807) is 25.3 Å². The minimum Gasteiger partial charge on any atom is -0.497 e. The van der Waals surface area contributed by atoms with Gasteiger partial charge in [0.15, 0.2) is 0 Å². The standard InChI is InChI=1S/C23H21FN2O4S/c1-29-18-8-6-15(7-9-18)21-10-20-22(31-21)23(28)26(14-25-20)11-17(27)13-30-12-16-4-2-3-5-19(16)24/h2-10,14,17,27H,11-13H2,1H3. The van der Waals surface area contributed by atoms with E-state index in [4.69, 9.17) is 9.47 Å². The van der Waals surface area contributed by atoms with Crippen molar-refractivity contribution in [2.75, 3.05) is 13.7 Å². The zero-order valence-corrected chi connectivity index (χ0v) is 17.6. The van der Waals surface area contributed by atoms with Crippen molar-refractivity contribution in [3.05, 3.63) is 82.7 Å². The molecule has 1 unspecified atom stereocenters. The highest BCUT2D eigenvalue weighted by molar-refractivity contribution is 7.22. The third-order valence-corrected chi connectivity index (χ3v) is 5.97. The molecule has 4 rings (SSSR count). The molecule has 8 heteroatoms. The van der Waals surface area contributed by atoms with Crippen LogP contribution in [0.2, 0.25) is 0 Å². The molecular weight excluding hydrogens is 419 g/mol. The van der Waals surface area contributed by atoms with E-state index in [-0.39, 0.29) is 31.1 Å². The molecule has 0 bridgehead atoms. The first-order valence-corrected chi connectivity index (χ1v) is 10.5. The zero-order chi connectivity index (χ0) is 21.8. The average Bonchev–Trinajstić information content (AvgIpc) is 3.22. The monoisotopic (exact) mass is 440 g/mol. The lowest BCUT2D eigenvalue weighted by atomic mass is 10.2. The molecule has 2 aromatic carbocycles. The molecule has 0 saturated heterocycles. The molecule has 1 N–H and O–H groups in total. The molecule has 0 spiro atoms. The van der Waals surface area contributed by atoms with Crippen molar-refractivity contribution >= 4 is 21.6 Å². The third-order valence-electron chi connectivity index (χ3n) is 4.81. The van der Waals surface area contributed by atoms with Crippen LogP contribution in [0.4, 0.5) is 4.39 Å². The minimum absolute atomic E-state index is 0.0274. The maximum absolute atomic E-state index is 13.6. The molecule has 1 atom stereocenters. The first-order chi connectivity index (χ1) is 15.0. The van der Waals surface area contributed by atoms with Crippen LogP contribution in [0.5, 0.6) is 5.75 Å². The number of aliphatic hydroxyl groups is 1. The van der Waals surface area contributed by atoms with Crippen molar-refractivity contribution in [1.29, 1.82) is 0 Å². The number of methoxy groups -OCH3 is 1. The number of aliphatic hydroxyl groups excluding tert-OH is 1. The Labute approximate surface area is 182 Å². The lowest BCUT2D eigenvalue weighted by Crippen LogP contribution is -2.29. The summed E-state index contributed by atoms with van der Waals surface area (Å²) in [7, 11) is 1.61. The maximum atomic E-state index is 13.6. The van der Waals surface area contributed by atoms with E-state index in [0.29, 0.717) is 15.8 Å². The molecular formula is C23H21FN2O4S. The summed E-state index contributed by atoms with van der Waals surface area (Å²) < 4.78 is 26.1. The van der Waals surface area contributed by atoms with Gasteiger partial charge in [0.25, 0.3) is 5.56 Å². The number of ether oxygens (including phenoxy) is 2. The van der Waals surface area contributed by atoms with E-state index in [1.165, 1.54) is 28.3 Å². The van der Waals surface area contributed by atoms with E-state index in [9.17, 15) is 14.3 Å². The molecule has 0 aliphatic rings. The number of aromatic nitrogens is 2. The number of hydrogen-bond donors (Lipinski definition) is 1. The average molecular weight is 440 g/mol. The Hall–Kier alpha value is -3.07. The number of nitrogens with zero attached hydrogens (tertiary/aromatic N) is 2. The molecule has 4 aromatic rings. The number of fused-ring (bicyclic) bond motifs is 1. The SMILES string of the molecule is COc1ccc(-c2cc3ncn(CC(O)COCc4ccccc4F)c(=O)c3s2)cc1. The van der Waals surface area contributed by atoms with E-state index in [2.05, 4.69) is 4.98 Å². The molecule has 2 aromatic heterocycles. The second-order valence-electron chi connectivity index (χ2n) is 7.02. The molecule has 0 aliphatic carbocycles. The number of rotatable bonds is 8. The van der Waals surface area contributed by atoms with Gasteiger partial charge in [-0.15, -0.1) is 11.3 Å². The molecule has 0 radical (unpaired) electrons. The smallest absolute Gasteiger partial charge is 0.271 e. The maximum Gasteiger partial charge on any atom is 0.271 e. The van der Waals surface area contributed by atoms with Crippen LogP contribution >= 0.6 is 11.3 Å². The van der Waals surface area contributed by atoms with E-state index < -0.39 is 6.10 Å². The highest BCUT2D eigenvalue weighted by atomic mass is 32.1. The number of hydrogen-bond acceptors (Lipinski definition) is 6.